The molecule has 2 amide bonds. The minimum atomic E-state index is -0.0146. The predicted molar refractivity (Wildman–Crippen MR) is 97.3 cm³/mol. The van der Waals surface area contributed by atoms with Crippen LogP contribution >= 0.6 is 0 Å². The predicted octanol–water partition coefficient (Wildman–Crippen LogP) is 3.24. The zero-order chi connectivity index (χ0) is 17.4. The van der Waals surface area contributed by atoms with Crippen LogP contribution < -0.4 is 5.32 Å². The van der Waals surface area contributed by atoms with Crippen LogP contribution in [0.2, 0.25) is 0 Å². The van der Waals surface area contributed by atoms with Crippen LogP contribution in [0, 0.1) is 5.92 Å². The number of likely N-dealkylation sites (tertiary alicyclic amines) is 1. The number of carbonyl (C=O) groups is 2. The van der Waals surface area contributed by atoms with Crippen molar-refractivity contribution in [1.29, 1.82) is 0 Å². The Bertz CT molecular complexity index is 566. The molecule has 2 rings (SSSR count). The molecule has 1 N–H and O–H groups in total. The summed E-state index contributed by atoms with van der Waals surface area (Å²) in [5, 5.41) is 3.05. The molecule has 0 aliphatic carbocycles. The number of carbonyl (C=O) groups excluding carboxylic acids is 2. The number of nitrogens with zero attached hydrogens (tertiary/aromatic N) is 1. The van der Waals surface area contributed by atoms with Gasteiger partial charge in [-0.3, -0.25) is 9.59 Å². The second-order valence-electron chi connectivity index (χ2n) is 6.69. The van der Waals surface area contributed by atoms with Crippen molar-refractivity contribution < 1.29 is 9.59 Å². The van der Waals surface area contributed by atoms with E-state index in [2.05, 4.69) is 17.5 Å². The lowest BCUT2D eigenvalue weighted by molar-refractivity contribution is -0.134. The van der Waals surface area contributed by atoms with Gasteiger partial charge in [-0.25, -0.2) is 0 Å². The lowest BCUT2D eigenvalue weighted by Gasteiger charge is -2.33. The molecule has 1 fully saturated rings. The fourth-order valence-corrected chi connectivity index (χ4v) is 2.84. The summed E-state index contributed by atoms with van der Waals surface area (Å²) in [6.45, 7) is 5.22. The number of amides is 2. The number of piperidine rings is 1. The molecule has 1 aliphatic heterocycles. The highest BCUT2D eigenvalue weighted by Crippen LogP contribution is 2.13. The molecule has 24 heavy (non-hydrogen) atoms. The third kappa shape index (κ3) is 5.84. The monoisotopic (exact) mass is 328 g/mol. The van der Waals surface area contributed by atoms with Gasteiger partial charge in [0.2, 0.25) is 11.8 Å². The summed E-state index contributed by atoms with van der Waals surface area (Å²) in [5.41, 5.74) is 1.15. The third-order valence-corrected chi connectivity index (χ3v) is 4.28. The van der Waals surface area contributed by atoms with Crippen molar-refractivity contribution in [3.05, 3.63) is 42.0 Å². The van der Waals surface area contributed by atoms with E-state index in [1.807, 2.05) is 49.1 Å². The Balaban J connectivity index is 1.75. The van der Waals surface area contributed by atoms with Crippen molar-refractivity contribution in [1.82, 2.24) is 10.2 Å². The van der Waals surface area contributed by atoms with Crippen molar-refractivity contribution in [3.63, 3.8) is 0 Å². The van der Waals surface area contributed by atoms with E-state index < -0.39 is 0 Å². The molecule has 1 atom stereocenters. The Labute approximate surface area is 144 Å². The summed E-state index contributed by atoms with van der Waals surface area (Å²) < 4.78 is 0. The molecular formula is C20H28N2O2. The lowest BCUT2D eigenvalue weighted by atomic mass is 10.0. The largest absolute Gasteiger partial charge is 0.351 e. The van der Waals surface area contributed by atoms with Gasteiger partial charge in [-0.1, -0.05) is 56.3 Å². The van der Waals surface area contributed by atoms with E-state index in [9.17, 15) is 9.59 Å². The Morgan fingerprint density at radius 1 is 1.29 bits per heavy atom. The smallest absolute Gasteiger partial charge is 0.222 e. The molecule has 1 aromatic carbocycles. The number of rotatable bonds is 6. The van der Waals surface area contributed by atoms with Crippen LogP contribution in [-0.2, 0) is 9.59 Å². The van der Waals surface area contributed by atoms with Gasteiger partial charge in [0.15, 0.2) is 0 Å². The maximum absolute atomic E-state index is 12.4. The van der Waals surface area contributed by atoms with Gasteiger partial charge in [-0.15, -0.1) is 0 Å². The van der Waals surface area contributed by atoms with Crippen molar-refractivity contribution in [2.24, 2.45) is 5.92 Å². The van der Waals surface area contributed by atoms with E-state index in [0.29, 0.717) is 13.0 Å². The van der Waals surface area contributed by atoms with Gasteiger partial charge in [0.25, 0.3) is 0 Å². The number of hydrogen-bond acceptors (Lipinski definition) is 2. The van der Waals surface area contributed by atoms with Crippen molar-refractivity contribution in [3.8, 4) is 0 Å². The highest BCUT2D eigenvalue weighted by atomic mass is 16.2. The average Bonchev–Trinajstić information content (AvgIpc) is 2.59. The first kappa shape index (κ1) is 18.2. The summed E-state index contributed by atoms with van der Waals surface area (Å²) in [5.74, 6) is 0.232. The molecule has 0 saturated carbocycles. The SMILES string of the molecule is CC(C)C(=O)NC1CCCN(C(=O)CCC=Cc2ccccc2)C1. The Morgan fingerprint density at radius 2 is 2.04 bits per heavy atom. The number of hydrogen-bond donors (Lipinski definition) is 1. The van der Waals surface area contributed by atoms with E-state index in [0.717, 1.165) is 31.4 Å². The molecule has 1 saturated heterocycles. The topological polar surface area (TPSA) is 49.4 Å². The van der Waals surface area contributed by atoms with E-state index in [4.69, 9.17) is 0 Å². The lowest BCUT2D eigenvalue weighted by Crippen LogP contribution is -2.50. The van der Waals surface area contributed by atoms with Crippen LogP contribution in [0.4, 0.5) is 0 Å². The second kappa shape index (κ2) is 9.26. The summed E-state index contributed by atoms with van der Waals surface area (Å²) in [6.07, 6.45) is 7.27. The molecule has 130 valence electrons. The van der Waals surface area contributed by atoms with E-state index in [1.165, 1.54) is 0 Å². The molecule has 0 spiro atoms. The first-order valence-electron chi connectivity index (χ1n) is 8.86. The van der Waals surface area contributed by atoms with E-state index in [-0.39, 0.29) is 23.8 Å². The Morgan fingerprint density at radius 3 is 2.75 bits per heavy atom. The van der Waals surface area contributed by atoms with Gasteiger partial charge < -0.3 is 10.2 Å². The molecule has 1 heterocycles. The molecule has 0 aromatic heterocycles. The minimum absolute atomic E-state index is 0.0146. The molecule has 1 unspecified atom stereocenters. The molecular weight excluding hydrogens is 300 g/mol. The van der Waals surface area contributed by atoms with Crippen LogP contribution in [0.25, 0.3) is 6.08 Å². The zero-order valence-corrected chi connectivity index (χ0v) is 14.7. The van der Waals surface area contributed by atoms with Gasteiger partial charge in [0.1, 0.15) is 0 Å². The molecule has 1 aromatic rings. The molecule has 4 heteroatoms. The normalized spacial score (nSPS) is 18.1. The maximum Gasteiger partial charge on any atom is 0.222 e. The number of benzene rings is 1. The summed E-state index contributed by atoms with van der Waals surface area (Å²) >= 11 is 0. The van der Waals surface area contributed by atoms with Crippen LogP contribution in [0.3, 0.4) is 0 Å². The number of allylic oxidation sites excluding steroid dienone is 1. The van der Waals surface area contributed by atoms with Gasteiger partial charge in [-0.2, -0.15) is 0 Å². The standard InChI is InChI=1S/C20H28N2O2/c1-16(2)20(24)21-18-12-8-14-22(15-18)19(23)13-7-6-11-17-9-4-3-5-10-17/h3-6,9-11,16,18H,7-8,12-15H2,1-2H3,(H,21,24). The molecule has 0 radical (unpaired) electrons. The molecule has 0 bridgehead atoms. The summed E-state index contributed by atoms with van der Waals surface area (Å²) in [7, 11) is 0. The second-order valence-corrected chi connectivity index (χ2v) is 6.69. The van der Waals surface area contributed by atoms with Crippen LogP contribution in [0.1, 0.15) is 45.1 Å². The van der Waals surface area contributed by atoms with Gasteiger partial charge in [-0.05, 0) is 24.8 Å². The van der Waals surface area contributed by atoms with Crippen molar-refractivity contribution in [2.75, 3.05) is 13.1 Å². The highest BCUT2D eigenvalue weighted by Gasteiger charge is 2.24. The molecule has 4 nitrogen and oxygen atoms in total. The fraction of sp³-hybridized carbons (Fsp3) is 0.500. The fourth-order valence-electron chi connectivity index (χ4n) is 2.84. The summed E-state index contributed by atoms with van der Waals surface area (Å²) in [4.78, 5) is 26.1. The quantitative estimate of drug-likeness (QED) is 0.871. The van der Waals surface area contributed by atoms with Gasteiger partial charge in [0.05, 0.1) is 0 Å². The maximum atomic E-state index is 12.4. The molecule has 1 aliphatic rings. The van der Waals surface area contributed by atoms with E-state index >= 15 is 0 Å². The van der Waals surface area contributed by atoms with Crippen molar-refractivity contribution in [2.45, 2.75) is 45.6 Å². The van der Waals surface area contributed by atoms with Gasteiger partial charge in [0, 0.05) is 31.5 Å². The van der Waals surface area contributed by atoms with Crippen LogP contribution in [-0.4, -0.2) is 35.8 Å². The van der Waals surface area contributed by atoms with E-state index in [1.54, 1.807) is 0 Å². The minimum Gasteiger partial charge on any atom is -0.351 e. The number of nitrogens with one attached hydrogen (secondary N) is 1. The first-order valence-corrected chi connectivity index (χ1v) is 8.86. The Kier molecular flexibility index (Phi) is 7.04. The van der Waals surface area contributed by atoms with Crippen LogP contribution in [0.15, 0.2) is 36.4 Å². The average molecular weight is 328 g/mol. The first-order chi connectivity index (χ1) is 11.6. The van der Waals surface area contributed by atoms with Crippen molar-refractivity contribution >= 4 is 17.9 Å². The Hall–Kier alpha value is -2.10. The van der Waals surface area contributed by atoms with Gasteiger partial charge >= 0.3 is 0 Å². The van der Waals surface area contributed by atoms with Crippen LogP contribution in [0.5, 0.6) is 0 Å². The zero-order valence-electron chi connectivity index (χ0n) is 14.7. The third-order valence-electron chi connectivity index (χ3n) is 4.28. The summed E-state index contributed by atoms with van der Waals surface area (Å²) in [6, 6.07) is 10.2. The highest BCUT2D eigenvalue weighted by molar-refractivity contribution is 5.79.